The minimum absolute atomic E-state index is 0.174. The highest BCUT2D eigenvalue weighted by molar-refractivity contribution is 5.94. The smallest absolute Gasteiger partial charge is 0.265 e. The van der Waals surface area contributed by atoms with Crippen molar-refractivity contribution in [3.8, 4) is 23.3 Å². The van der Waals surface area contributed by atoms with E-state index in [4.69, 9.17) is 9.47 Å². The first-order chi connectivity index (χ1) is 14.2. The third kappa shape index (κ3) is 4.52. The Hall–Kier alpha value is -3.46. The largest absolute Gasteiger partial charge is 0.485 e. The monoisotopic (exact) mass is 390 g/mol. The van der Waals surface area contributed by atoms with Crippen LogP contribution < -0.4 is 19.7 Å². The molecule has 2 aromatic rings. The Morgan fingerprint density at radius 1 is 1.10 bits per heavy atom. The highest BCUT2D eigenvalue weighted by Gasteiger charge is 2.26. The molecule has 148 valence electrons. The van der Waals surface area contributed by atoms with Crippen molar-refractivity contribution in [1.82, 2.24) is 5.32 Å². The lowest BCUT2D eigenvalue weighted by Gasteiger charge is -2.26. The van der Waals surface area contributed by atoms with Crippen LogP contribution in [-0.2, 0) is 9.59 Å². The van der Waals surface area contributed by atoms with Crippen LogP contribution in [0.3, 0.4) is 0 Å². The maximum Gasteiger partial charge on any atom is 0.265 e. The molecule has 0 saturated carbocycles. The molecule has 0 aromatic heterocycles. The molecule has 2 amide bonds. The number of nitrogens with zero attached hydrogens (tertiary/aromatic N) is 1. The molecule has 1 fully saturated rings. The molecule has 0 aliphatic carbocycles. The van der Waals surface area contributed by atoms with Crippen LogP contribution in [0.2, 0.25) is 0 Å². The number of benzene rings is 2. The van der Waals surface area contributed by atoms with Gasteiger partial charge < -0.3 is 19.7 Å². The number of hydrogen-bond acceptors (Lipinski definition) is 4. The summed E-state index contributed by atoms with van der Waals surface area (Å²) in [5, 5.41) is 2.75. The van der Waals surface area contributed by atoms with E-state index in [1.807, 2.05) is 41.3 Å². The highest BCUT2D eigenvalue weighted by Crippen LogP contribution is 2.30. The summed E-state index contributed by atoms with van der Waals surface area (Å²) in [7, 11) is 0. The van der Waals surface area contributed by atoms with E-state index in [2.05, 4.69) is 17.2 Å². The molecule has 2 aromatic carbocycles. The molecule has 6 heteroatoms. The van der Waals surface area contributed by atoms with Gasteiger partial charge in [-0.05, 0) is 49.2 Å². The van der Waals surface area contributed by atoms with Gasteiger partial charge in [-0.3, -0.25) is 9.59 Å². The Kier molecular flexibility index (Phi) is 5.66. The number of nitrogens with one attached hydrogen (secondary N) is 1. The fourth-order valence-electron chi connectivity index (χ4n) is 3.34. The van der Waals surface area contributed by atoms with E-state index < -0.39 is 6.10 Å². The summed E-state index contributed by atoms with van der Waals surface area (Å²) in [4.78, 5) is 26.1. The molecule has 1 saturated heterocycles. The fourth-order valence-corrected chi connectivity index (χ4v) is 3.34. The maximum atomic E-state index is 12.2. The zero-order valence-corrected chi connectivity index (χ0v) is 16.0. The van der Waals surface area contributed by atoms with E-state index >= 15 is 0 Å². The second-order valence-electron chi connectivity index (χ2n) is 6.93. The molecule has 0 radical (unpaired) electrons. The second kappa shape index (κ2) is 8.70. The average molecular weight is 390 g/mol. The van der Waals surface area contributed by atoms with Crippen molar-refractivity contribution in [3.05, 3.63) is 54.1 Å². The molecule has 29 heavy (non-hydrogen) atoms. The summed E-state index contributed by atoms with van der Waals surface area (Å²) in [6, 6.07) is 14.9. The third-order valence-electron chi connectivity index (χ3n) is 4.89. The van der Waals surface area contributed by atoms with Crippen LogP contribution in [0, 0.1) is 11.8 Å². The van der Waals surface area contributed by atoms with Crippen LogP contribution in [0.1, 0.15) is 24.8 Å². The molecule has 2 aliphatic rings. The van der Waals surface area contributed by atoms with Gasteiger partial charge in [-0.25, -0.2) is 0 Å². The van der Waals surface area contributed by atoms with Gasteiger partial charge >= 0.3 is 0 Å². The predicted octanol–water partition coefficient (Wildman–Crippen LogP) is 2.51. The van der Waals surface area contributed by atoms with Gasteiger partial charge in [-0.2, -0.15) is 0 Å². The van der Waals surface area contributed by atoms with Crippen molar-refractivity contribution in [2.45, 2.75) is 25.4 Å². The van der Waals surface area contributed by atoms with Gasteiger partial charge in [0.2, 0.25) is 12.0 Å². The summed E-state index contributed by atoms with van der Waals surface area (Å²) in [6.07, 6.45) is 1.93. The molecule has 6 nitrogen and oxygen atoms in total. The maximum absolute atomic E-state index is 12.2. The minimum atomic E-state index is -0.687. The van der Waals surface area contributed by atoms with Crippen LogP contribution in [0.4, 0.5) is 5.69 Å². The van der Waals surface area contributed by atoms with Crippen LogP contribution in [-0.4, -0.2) is 37.6 Å². The number of amides is 2. The van der Waals surface area contributed by atoms with E-state index in [0.29, 0.717) is 17.9 Å². The van der Waals surface area contributed by atoms with Crippen LogP contribution in [0.15, 0.2) is 48.5 Å². The summed E-state index contributed by atoms with van der Waals surface area (Å²) in [5.41, 5.74) is 1.74. The molecule has 0 spiro atoms. The fraction of sp³-hybridized carbons (Fsp3) is 0.304. The Labute approximate surface area is 169 Å². The number of para-hydroxylation sites is 2. The number of rotatable bonds is 3. The predicted molar refractivity (Wildman–Crippen MR) is 109 cm³/mol. The first-order valence-corrected chi connectivity index (χ1v) is 9.76. The van der Waals surface area contributed by atoms with Crippen molar-refractivity contribution in [2.24, 2.45) is 0 Å². The topological polar surface area (TPSA) is 67.9 Å². The number of fused-ring (bicyclic) bond motifs is 1. The minimum Gasteiger partial charge on any atom is -0.485 e. The number of ether oxygens (including phenoxy) is 2. The Morgan fingerprint density at radius 2 is 1.90 bits per heavy atom. The van der Waals surface area contributed by atoms with E-state index in [0.717, 1.165) is 30.6 Å². The highest BCUT2D eigenvalue weighted by atomic mass is 16.6. The van der Waals surface area contributed by atoms with Crippen LogP contribution >= 0.6 is 0 Å². The summed E-state index contributed by atoms with van der Waals surface area (Å²) >= 11 is 0. The molecule has 2 aliphatic heterocycles. The Balaban J connectivity index is 1.28. The van der Waals surface area contributed by atoms with E-state index in [1.54, 1.807) is 12.1 Å². The van der Waals surface area contributed by atoms with Gasteiger partial charge in [0.15, 0.2) is 11.5 Å². The van der Waals surface area contributed by atoms with Crippen molar-refractivity contribution in [3.63, 3.8) is 0 Å². The van der Waals surface area contributed by atoms with Crippen molar-refractivity contribution in [2.75, 3.05) is 24.6 Å². The lowest BCUT2D eigenvalue weighted by atomic mass is 10.1. The van der Waals surface area contributed by atoms with E-state index in [-0.39, 0.29) is 25.0 Å². The van der Waals surface area contributed by atoms with Crippen molar-refractivity contribution >= 4 is 17.5 Å². The first kappa shape index (κ1) is 18.9. The summed E-state index contributed by atoms with van der Waals surface area (Å²) in [6.45, 7) is 1.16. The molecule has 1 N–H and O–H groups in total. The van der Waals surface area contributed by atoms with Gasteiger partial charge in [0.25, 0.3) is 5.91 Å². The number of carbonyl (C=O) groups is 2. The lowest BCUT2D eigenvalue weighted by Crippen LogP contribution is -2.44. The number of piperidine rings is 1. The van der Waals surface area contributed by atoms with Gasteiger partial charge in [0, 0.05) is 24.2 Å². The van der Waals surface area contributed by atoms with Crippen LogP contribution in [0.25, 0.3) is 0 Å². The molecule has 1 unspecified atom stereocenters. The van der Waals surface area contributed by atoms with Gasteiger partial charge in [-0.15, -0.1) is 0 Å². The number of carbonyl (C=O) groups excluding carboxylic acids is 2. The standard InChI is InChI=1S/C23H22N2O4/c26-22-9-3-4-15-25(22)18-12-10-17(11-13-18)6-5-14-24-23(27)21-16-28-19-7-1-2-8-20(19)29-21/h1-2,7-8,10-13,21H,3-4,9,14-16H2,(H,24,27). The zero-order chi connectivity index (χ0) is 20.1. The van der Waals surface area contributed by atoms with Gasteiger partial charge in [-0.1, -0.05) is 24.0 Å². The molecule has 1 atom stereocenters. The number of hydrogen-bond donors (Lipinski definition) is 1. The van der Waals surface area contributed by atoms with Crippen molar-refractivity contribution < 1.29 is 19.1 Å². The lowest BCUT2D eigenvalue weighted by molar-refractivity contribution is -0.130. The Morgan fingerprint density at radius 3 is 2.69 bits per heavy atom. The Bertz CT molecular complexity index is 959. The average Bonchev–Trinajstić information content (AvgIpc) is 2.77. The SMILES string of the molecule is O=C(NCC#Cc1ccc(N2CCCCC2=O)cc1)C1COc2ccccc2O1. The molecule has 0 bridgehead atoms. The quantitative estimate of drug-likeness (QED) is 0.818. The van der Waals surface area contributed by atoms with Crippen LogP contribution in [0.5, 0.6) is 11.5 Å². The van der Waals surface area contributed by atoms with Gasteiger partial charge in [0.1, 0.15) is 6.61 Å². The third-order valence-corrected chi connectivity index (χ3v) is 4.89. The normalized spacial score (nSPS) is 17.9. The summed E-state index contributed by atoms with van der Waals surface area (Å²) < 4.78 is 11.2. The molecule has 2 heterocycles. The molecular weight excluding hydrogens is 368 g/mol. The second-order valence-corrected chi connectivity index (χ2v) is 6.93. The van der Waals surface area contributed by atoms with Crippen molar-refractivity contribution in [1.29, 1.82) is 0 Å². The zero-order valence-electron chi connectivity index (χ0n) is 16.0. The number of anilines is 1. The molecule has 4 rings (SSSR count). The van der Waals surface area contributed by atoms with E-state index in [9.17, 15) is 9.59 Å². The summed E-state index contributed by atoms with van der Waals surface area (Å²) in [5.74, 6) is 7.09. The van der Waals surface area contributed by atoms with Gasteiger partial charge in [0.05, 0.1) is 6.54 Å². The van der Waals surface area contributed by atoms with E-state index in [1.165, 1.54) is 0 Å². The first-order valence-electron chi connectivity index (χ1n) is 9.76. The molecular formula is C23H22N2O4.